The van der Waals surface area contributed by atoms with Crippen LogP contribution in [0.5, 0.6) is 0 Å². The normalized spacial score (nSPS) is 11.1. The van der Waals surface area contributed by atoms with Crippen molar-refractivity contribution in [3.05, 3.63) is 120 Å². The minimum absolute atomic E-state index is 0.0804. The summed E-state index contributed by atoms with van der Waals surface area (Å²) in [5, 5.41) is 5.63. The molecule has 0 fully saturated rings. The Bertz CT molecular complexity index is 1560. The average molecular weight is 574 g/mol. The van der Waals surface area contributed by atoms with Crippen LogP contribution in [0.3, 0.4) is 0 Å². The molecule has 0 aromatic heterocycles. The lowest BCUT2D eigenvalue weighted by molar-refractivity contribution is -0.114. The lowest BCUT2D eigenvalue weighted by Crippen LogP contribution is -2.38. The van der Waals surface area contributed by atoms with Crippen LogP contribution in [0.4, 0.5) is 11.4 Å². The Morgan fingerprint density at radius 2 is 1.48 bits per heavy atom. The van der Waals surface area contributed by atoms with Crippen LogP contribution in [0.2, 0.25) is 0 Å². The van der Waals surface area contributed by atoms with Gasteiger partial charge in [-0.3, -0.25) is 13.9 Å². The number of carbonyl (C=O) groups is 2. The second-order valence-electron chi connectivity index (χ2n) is 9.11. The summed E-state index contributed by atoms with van der Waals surface area (Å²) in [6.45, 7) is 1.86. The molecule has 0 saturated heterocycles. The fourth-order valence-corrected chi connectivity index (χ4v) is 5.90. The van der Waals surface area contributed by atoms with Gasteiger partial charge in [0, 0.05) is 11.4 Å². The fraction of sp³-hybridized carbons (Fsp3) is 0.161. The number of hydrogen-bond acceptors (Lipinski definition) is 5. The van der Waals surface area contributed by atoms with E-state index in [0.29, 0.717) is 29.9 Å². The highest BCUT2D eigenvalue weighted by Crippen LogP contribution is 2.26. The van der Waals surface area contributed by atoms with Crippen LogP contribution in [0, 0.1) is 6.92 Å². The van der Waals surface area contributed by atoms with E-state index < -0.39 is 22.5 Å². The molecule has 40 heavy (non-hydrogen) atoms. The van der Waals surface area contributed by atoms with Gasteiger partial charge < -0.3 is 10.6 Å². The smallest absolute Gasteiger partial charge is 0.264 e. The maximum absolute atomic E-state index is 13.7. The van der Waals surface area contributed by atoms with E-state index in [2.05, 4.69) is 10.6 Å². The number of carbonyl (C=O) groups excluding carboxylic acids is 2. The highest BCUT2D eigenvalue weighted by atomic mass is 32.2. The fourth-order valence-electron chi connectivity index (χ4n) is 4.07. The van der Waals surface area contributed by atoms with Crippen molar-refractivity contribution in [2.45, 2.75) is 23.1 Å². The molecule has 0 aliphatic carbocycles. The summed E-state index contributed by atoms with van der Waals surface area (Å²) in [6, 6.07) is 29.9. The lowest BCUT2D eigenvalue weighted by Gasteiger charge is -2.24. The van der Waals surface area contributed by atoms with E-state index in [1.807, 2.05) is 43.5 Å². The number of sulfonamides is 1. The summed E-state index contributed by atoms with van der Waals surface area (Å²) in [5.41, 5.74) is 3.02. The number of rotatable bonds is 11. The lowest BCUT2D eigenvalue weighted by atomic mass is 10.1. The molecule has 0 unspecified atom stereocenters. The monoisotopic (exact) mass is 573 g/mol. The van der Waals surface area contributed by atoms with Gasteiger partial charge in [0.15, 0.2) is 0 Å². The number of nitrogens with one attached hydrogen (secondary N) is 2. The summed E-state index contributed by atoms with van der Waals surface area (Å²) in [5.74, 6) is -0.904. The first kappa shape index (κ1) is 28.9. The van der Waals surface area contributed by atoms with E-state index in [1.54, 1.807) is 60.7 Å². The summed E-state index contributed by atoms with van der Waals surface area (Å²) in [6.07, 6.45) is 2.58. The van der Waals surface area contributed by atoms with Gasteiger partial charge in [-0.1, -0.05) is 60.2 Å². The highest BCUT2D eigenvalue weighted by Gasteiger charge is 2.27. The van der Waals surface area contributed by atoms with Gasteiger partial charge in [0.05, 0.1) is 21.8 Å². The van der Waals surface area contributed by atoms with Crippen molar-refractivity contribution < 1.29 is 18.0 Å². The molecule has 2 amide bonds. The Morgan fingerprint density at radius 3 is 2.15 bits per heavy atom. The Morgan fingerprint density at radius 1 is 0.825 bits per heavy atom. The molecule has 9 heteroatoms. The second-order valence-corrected chi connectivity index (χ2v) is 11.8. The highest BCUT2D eigenvalue weighted by molar-refractivity contribution is 7.98. The molecule has 0 aliphatic rings. The molecule has 2 N–H and O–H groups in total. The first-order valence-corrected chi connectivity index (χ1v) is 15.4. The van der Waals surface area contributed by atoms with Crippen molar-refractivity contribution in [2.24, 2.45) is 0 Å². The van der Waals surface area contributed by atoms with E-state index in [1.165, 1.54) is 23.9 Å². The van der Waals surface area contributed by atoms with Gasteiger partial charge in [-0.25, -0.2) is 8.42 Å². The van der Waals surface area contributed by atoms with E-state index >= 15 is 0 Å². The first-order chi connectivity index (χ1) is 19.3. The average Bonchev–Trinajstić information content (AvgIpc) is 2.97. The van der Waals surface area contributed by atoms with Crippen molar-refractivity contribution in [3.63, 3.8) is 0 Å². The third-order valence-corrected chi connectivity index (χ3v) is 8.78. The maximum atomic E-state index is 13.7. The van der Waals surface area contributed by atoms with E-state index in [0.717, 1.165) is 20.3 Å². The number of anilines is 2. The molecule has 4 rings (SSSR count). The van der Waals surface area contributed by atoms with Gasteiger partial charge in [0.25, 0.3) is 15.9 Å². The molecule has 7 nitrogen and oxygen atoms in total. The predicted molar refractivity (Wildman–Crippen MR) is 161 cm³/mol. The molecule has 0 radical (unpaired) electrons. The van der Waals surface area contributed by atoms with Crippen molar-refractivity contribution in [2.75, 3.05) is 29.0 Å². The molecule has 4 aromatic rings. The van der Waals surface area contributed by atoms with Gasteiger partial charge >= 0.3 is 0 Å². The van der Waals surface area contributed by atoms with Crippen LogP contribution >= 0.6 is 11.8 Å². The quantitative estimate of drug-likeness (QED) is 0.230. The van der Waals surface area contributed by atoms with Crippen LogP contribution in [0.1, 0.15) is 21.5 Å². The van der Waals surface area contributed by atoms with Crippen molar-refractivity contribution in [1.29, 1.82) is 0 Å². The van der Waals surface area contributed by atoms with Gasteiger partial charge in [-0.15, -0.1) is 11.8 Å². The summed E-state index contributed by atoms with van der Waals surface area (Å²) < 4.78 is 28.5. The zero-order valence-electron chi connectivity index (χ0n) is 22.3. The number of thioether (sulfide) groups is 1. The predicted octanol–water partition coefficient (Wildman–Crippen LogP) is 5.52. The van der Waals surface area contributed by atoms with Gasteiger partial charge in [-0.05, 0) is 73.7 Å². The third kappa shape index (κ3) is 7.31. The number of para-hydroxylation sites is 1. The molecule has 206 valence electrons. The topological polar surface area (TPSA) is 95.6 Å². The van der Waals surface area contributed by atoms with Crippen LogP contribution in [-0.2, 0) is 21.2 Å². The van der Waals surface area contributed by atoms with Crippen molar-refractivity contribution >= 4 is 45.0 Å². The molecule has 0 heterocycles. The van der Waals surface area contributed by atoms with Crippen LogP contribution in [-0.4, -0.2) is 39.6 Å². The molecular weight excluding hydrogens is 542 g/mol. The molecule has 0 atom stereocenters. The van der Waals surface area contributed by atoms with Gasteiger partial charge in [0.1, 0.15) is 6.54 Å². The Labute approximate surface area is 239 Å². The molecular formula is C31H31N3O4S2. The Hall–Kier alpha value is -4.08. The molecule has 0 aliphatic heterocycles. The van der Waals surface area contributed by atoms with Crippen molar-refractivity contribution in [3.8, 4) is 0 Å². The SMILES string of the molecule is CSc1ccc(S(=O)(=O)N(CC(=O)Nc2ccccc2C(=O)NCCc2ccccc2)c2ccc(C)cc2)cc1. The van der Waals surface area contributed by atoms with Crippen LogP contribution in [0.25, 0.3) is 0 Å². The minimum atomic E-state index is -4.06. The zero-order valence-corrected chi connectivity index (χ0v) is 24.0. The second kappa shape index (κ2) is 13.3. The largest absolute Gasteiger partial charge is 0.352 e. The van der Waals surface area contributed by atoms with E-state index in [-0.39, 0.29) is 10.8 Å². The van der Waals surface area contributed by atoms with Gasteiger partial charge in [0.2, 0.25) is 5.91 Å². The van der Waals surface area contributed by atoms with Gasteiger partial charge in [-0.2, -0.15) is 0 Å². The molecule has 0 spiro atoms. The maximum Gasteiger partial charge on any atom is 0.264 e. The summed E-state index contributed by atoms with van der Waals surface area (Å²) in [4.78, 5) is 27.2. The summed E-state index contributed by atoms with van der Waals surface area (Å²) >= 11 is 1.51. The zero-order chi connectivity index (χ0) is 28.5. The standard InChI is InChI=1S/C31H31N3O4S2/c1-23-12-14-25(15-13-23)34(40(37,38)27-18-16-26(39-2)17-19-27)22-30(35)33-29-11-7-6-10-28(29)31(36)32-21-20-24-8-4-3-5-9-24/h3-19H,20-22H2,1-2H3,(H,32,36)(H,33,35). The molecule has 0 saturated carbocycles. The number of hydrogen-bond donors (Lipinski definition) is 2. The first-order valence-electron chi connectivity index (χ1n) is 12.7. The third-order valence-electron chi connectivity index (χ3n) is 6.24. The van der Waals surface area contributed by atoms with Crippen molar-refractivity contribution in [1.82, 2.24) is 5.32 Å². The number of aryl methyl sites for hydroxylation is 1. The summed E-state index contributed by atoms with van der Waals surface area (Å²) in [7, 11) is -4.06. The number of amides is 2. The minimum Gasteiger partial charge on any atom is -0.352 e. The number of benzene rings is 4. The Balaban J connectivity index is 1.52. The Kier molecular flexibility index (Phi) is 9.63. The van der Waals surface area contributed by atoms with Crippen LogP contribution < -0.4 is 14.9 Å². The van der Waals surface area contributed by atoms with E-state index in [9.17, 15) is 18.0 Å². The molecule has 4 aromatic carbocycles. The van der Waals surface area contributed by atoms with E-state index in [4.69, 9.17) is 0 Å². The number of nitrogens with zero attached hydrogens (tertiary/aromatic N) is 1. The molecule has 0 bridgehead atoms. The van der Waals surface area contributed by atoms with Crippen LogP contribution in [0.15, 0.2) is 113 Å².